The first-order chi connectivity index (χ1) is 8.65. The molecule has 0 aliphatic carbocycles. The summed E-state index contributed by atoms with van der Waals surface area (Å²) in [5.74, 6) is -1.75. The maximum atomic E-state index is 13.8. The van der Waals surface area contributed by atoms with E-state index in [1.165, 1.54) is 18.3 Å². The van der Waals surface area contributed by atoms with E-state index >= 15 is 0 Å². The highest BCUT2D eigenvalue weighted by Gasteiger charge is 2.20. The lowest BCUT2D eigenvalue weighted by Gasteiger charge is -2.19. The summed E-state index contributed by atoms with van der Waals surface area (Å²) in [5, 5.41) is 3.33. The van der Waals surface area contributed by atoms with Gasteiger partial charge >= 0.3 is 0 Å². The maximum Gasteiger partial charge on any atom is 0.163 e. The molecule has 18 heavy (non-hydrogen) atoms. The number of halogens is 3. The largest absolute Gasteiger partial charge is 0.309 e. The fraction of sp³-hybridized carbons (Fsp3) is 0.154. The van der Waals surface area contributed by atoms with Gasteiger partial charge < -0.3 is 5.32 Å². The van der Waals surface area contributed by atoms with Crippen LogP contribution in [0.25, 0.3) is 0 Å². The fourth-order valence-electron chi connectivity index (χ4n) is 1.84. The Bertz CT molecular complexity index is 560. The topological polar surface area (TPSA) is 24.9 Å². The van der Waals surface area contributed by atoms with Crippen LogP contribution in [0.3, 0.4) is 0 Å². The summed E-state index contributed by atoms with van der Waals surface area (Å²) in [6, 6.07) is 5.23. The third kappa shape index (κ3) is 2.35. The Morgan fingerprint density at radius 1 is 1.22 bits per heavy atom. The van der Waals surface area contributed by atoms with E-state index in [2.05, 4.69) is 10.3 Å². The number of hydrogen-bond donors (Lipinski definition) is 1. The summed E-state index contributed by atoms with van der Waals surface area (Å²) in [5.41, 5.74) is 0.865. The second-order valence-electron chi connectivity index (χ2n) is 3.76. The molecule has 0 spiro atoms. The van der Waals surface area contributed by atoms with E-state index in [4.69, 9.17) is 11.6 Å². The molecule has 1 aromatic heterocycles. The normalized spacial score (nSPS) is 12.4. The van der Waals surface area contributed by atoms with Crippen LogP contribution < -0.4 is 5.32 Å². The molecule has 0 saturated heterocycles. The lowest BCUT2D eigenvalue weighted by Crippen LogP contribution is -2.20. The number of aromatic nitrogens is 1. The zero-order chi connectivity index (χ0) is 13.1. The Balaban J connectivity index is 2.53. The number of pyridine rings is 1. The molecule has 0 aliphatic rings. The molecule has 94 valence electrons. The molecule has 1 aromatic carbocycles. The Hall–Kier alpha value is -1.52. The second kappa shape index (κ2) is 5.42. The van der Waals surface area contributed by atoms with E-state index in [1.807, 2.05) is 0 Å². The van der Waals surface area contributed by atoms with Crippen molar-refractivity contribution in [3.8, 4) is 0 Å². The van der Waals surface area contributed by atoms with Crippen LogP contribution in [0.1, 0.15) is 17.2 Å². The van der Waals surface area contributed by atoms with Crippen LogP contribution in [0.15, 0.2) is 36.7 Å². The molecule has 1 atom stereocenters. The second-order valence-corrected chi connectivity index (χ2v) is 4.17. The predicted octanol–water partition coefficient (Wildman–Crippen LogP) is 3.32. The molecule has 5 heteroatoms. The standard InChI is InChI=1S/C13H11ClF2N2/c1-17-13(8-5-6-18-7-10(8)14)9-3-2-4-11(15)12(9)16/h2-7,13,17H,1H3. The fourth-order valence-corrected chi connectivity index (χ4v) is 2.07. The molecule has 1 heterocycles. The number of hydrogen-bond acceptors (Lipinski definition) is 2. The van der Waals surface area contributed by atoms with Gasteiger partial charge in [-0.2, -0.15) is 0 Å². The lowest BCUT2D eigenvalue weighted by atomic mass is 9.99. The molecule has 0 saturated carbocycles. The molecular formula is C13H11ClF2N2. The minimum absolute atomic E-state index is 0.214. The van der Waals surface area contributed by atoms with Gasteiger partial charge in [0.1, 0.15) is 0 Å². The third-order valence-electron chi connectivity index (χ3n) is 2.70. The highest BCUT2D eigenvalue weighted by atomic mass is 35.5. The quantitative estimate of drug-likeness (QED) is 0.924. The Morgan fingerprint density at radius 3 is 2.67 bits per heavy atom. The van der Waals surface area contributed by atoms with Crippen LogP contribution >= 0.6 is 11.6 Å². The third-order valence-corrected chi connectivity index (χ3v) is 3.01. The van der Waals surface area contributed by atoms with Gasteiger partial charge in [0.05, 0.1) is 11.1 Å². The molecule has 0 aliphatic heterocycles. The maximum absolute atomic E-state index is 13.8. The van der Waals surface area contributed by atoms with Gasteiger partial charge in [0.15, 0.2) is 11.6 Å². The molecule has 2 aromatic rings. The van der Waals surface area contributed by atoms with Crippen molar-refractivity contribution in [3.05, 3.63) is 64.4 Å². The first-order valence-electron chi connectivity index (χ1n) is 5.35. The van der Waals surface area contributed by atoms with Gasteiger partial charge in [0.25, 0.3) is 0 Å². The van der Waals surface area contributed by atoms with Gasteiger partial charge in [-0.1, -0.05) is 23.7 Å². The van der Waals surface area contributed by atoms with Gasteiger partial charge in [-0.15, -0.1) is 0 Å². The minimum Gasteiger partial charge on any atom is -0.309 e. The van der Waals surface area contributed by atoms with Crippen molar-refractivity contribution in [2.45, 2.75) is 6.04 Å². The van der Waals surface area contributed by atoms with Gasteiger partial charge in [0, 0.05) is 18.0 Å². The molecular weight excluding hydrogens is 258 g/mol. The smallest absolute Gasteiger partial charge is 0.163 e. The van der Waals surface area contributed by atoms with Gasteiger partial charge in [-0.3, -0.25) is 4.98 Å². The Labute approximate surface area is 109 Å². The summed E-state index contributed by atoms with van der Waals surface area (Å²) >= 11 is 6.02. The van der Waals surface area contributed by atoms with Crippen molar-refractivity contribution in [3.63, 3.8) is 0 Å². The van der Waals surface area contributed by atoms with Crippen LogP contribution in [0.5, 0.6) is 0 Å². The van der Waals surface area contributed by atoms with E-state index in [1.54, 1.807) is 19.3 Å². The highest BCUT2D eigenvalue weighted by molar-refractivity contribution is 6.31. The summed E-state index contributed by atoms with van der Waals surface area (Å²) in [4.78, 5) is 3.87. The molecule has 0 fully saturated rings. The van der Waals surface area contributed by atoms with E-state index in [0.717, 1.165) is 6.07 Å². The first-order valence-corrected chi connectivity index (χ1v) is 5.73. The van der Waals surface area contributed by atoms with Crippen molar-refractivity contribution < 1.29 is 8.78 Å². The zero-order valence-corrected chi connectivity index (χ0v) is 10.4. The summed E-state index contributed by atoms with van der Waals surface area (Å²) in [6.07, 6.45) is 3.03. The molecule has 0 bridgehead atoms. The monoisotopic (exact) mass is 268 g/mol. The van der Waals surface area contributed by atoms with E-state index < -0.39 is 17.7 Å². The van der Waals surface area contributed by atoms with Crippen molar-refractivity contribution in [1.82, 2.24) is 10.3 Å². The summed E-state index contributed by atoms with van der Waals surface area (Å²) in [6.45, 7) is 0. The van der Waals surface area contributed by atoms with E-state index in [9.17, 15) is 8.78 Å². The first kappa shape index (κ1) is 12.9. The number of nitrogens with one attached hydrogen (secondary N) is 1. The Kier molecular flexibility index (Phi) is 3.89. The van der Waals surface area contributed by atoms with Crippen molar-refractivity contribution in [2.75, 3.05) is 7.05 Å². The minimum atomic E-state index is -0.877. The van der Waals surface area contributed by atoms with Gasteiger partial charge in [-0.05, 0) is 24.7 Å². The van der Waals surface area contributed by atoms with Crippen molar-refractivity contribution >= 4 is 11.6 Å². The van der Waals surface area contributed by atoms with Crippen LogP contribution in [-0.4, -0.2) is 12.0 Å². The van der Waals surface area contributed by atoms with Crippen molar-refractivity contribution in [2.24, 2.45) is 0 Å². The Morgan fingerprint density at radius 2 is 2.00 bits per heavy atom. The molecule has 1 unspecified atom stereocenters. The van der Waals surface area contributed by atoms with Gasteiger partial charge in [-0.25, -0.2) is 8.78 Å². The SMILES string of the molecule is CNC(c1ccncc1Cl)c1cccc(F)c1F. The molecule has 0 radical (unpaired) electrons. The average molecular weight is 269 g/mol. The van der Waals surface area contributed by atoms with Crippen molar-refractivity contribution in [1.29, 1.82) is 0 Å². The summed E-state index contributed by atoms with van der Waals surface area (Å²) in [7, 11) is 1.66. The predicted molar refractivity (Wildman–Crippen MR) is 66.5 cm³/mol. The number of benzene rings is 1. The van der Waals surface area contributed by atoms with E-state index in [-0.39, 0.29) is 5.56 Å². The summed E-state index contributed by atoms with van der Waals surface area (Å²) < 4.78 is 27.0. The molecule has 2 rings (SSSR count). The van der Waals surface area contributed by atoms with Crippen LogP contribution in [0.4, 0.5) is 8.78 Å². The van der Waals surface area contributed by atoms with E-state index in [0.29, 0.717) is 10.6 Å². The number of nitrogens with zero attached hydrogens (tertiary/aromatic N) is 1. The van der Waals surface area contributed by atoms with Crippen LogP contribution in [0, 0.1) is 11.6 Å². The van der Waals surface area contributed by atoms with Crippen LogP contribution in [-0.2, 0) is 0 Å². The highest BCUT2D eigenvalue weighted by Crippen LogP contribution is 2.29. The molecule has 1 N–H and O–H groups in total. The average Bonchev–Trinajstić information content (AvgIpc) is 2.37. The molecule has 0 amide bonds. The number of rotatable bonds is 3. The molecule has 2 nitrogen and oxygen atoms in total. The lowest BCUT2D eigenvalue weighted by molar-refractivity contribution is 0.487. The zero-order valence-electron chi connectivity index (χ0n) is 9.62. The van der Waals surface area contributed by atoms with Gasteiger partial charge in [0.2, 0.25) is 0 Å². The van der Waals surface area contributed by atoms with Crippen LogP contribution in [0.2, 0.25) is 5.02 Å².